The van der Waals surface area contributed by atoms with Crippen molar-refractivity contribution in [2.75, 3.05) is 26.7 Å². The van der Waals surface area contributed by atoms with E-state index in [1.807, 2.05) is 6.92 Å². The van der Waals surface area contributed by atoms with Crippen LogP contribution in [0.5, 0.6) is 5.75 Å². The van der Waals surface area contributed by atoms with Crippen LogP contribution >= 0.6 is 0 Å². The number of sulfonamides is 1. The van der Waals surface area contributed by atoms with Crippen molar-refractivity contribution in [2.24, 2.45) is 0 Å². The minimum atomic E-state index is -3.76. The van der Waals surface area contributed by atoms with Crippen molar-refractivity contribution in [1.29, 1.82) is 0 Å². The van der Waals surface area contributed by atoms with E-state index in [4.69, 9.17) is 4.74 Å². The molecule has 2 fully saturated rings. The molecule has 4 rings (SSSR count). The fourth-order valence-corrected chi connectivity index (χ4v) is 6.99. The zero-order valence-electron chi connectivity index (χ0n) is 21.0. The molecule has 2 aromatic rings. The van der Waals surface area contributed by atoms with Gasteiger partial charge in [0.05, 0.1) is 7.11 Å². The Morgan fingerprint density at radius 1 is 1.06 bits per heavy atom. The van der Waals surface area contributed by atoms with Crippen LogP contribution in [0.25, 0.3) is 0 Å². The number of carbonyl (C=O) groups excluding carboxylic acids is 1. The van der Waals surface area contributed by atoms with Crippen LogP contribution in [-0.4, -0.2) is 62.4 Å². The molecule has 0 aliphatic carbocycles. The summed E-state index contributed by atoms with van der Waals surface area (Å²) in [6, 6.07) is 13.1. The first-order chi connectivity index (χ1) is 16.8. The highest BCUT2D eigenvalue weighted by molar-refractivity contribution is 7.89. The van der Waals surface area contributed by atoms with Crippen molar-refractivity contribution in [3.05, 3.63) is 59.2 Å². The van der Waals surface area contributed by atoms with Crippen molar-refractivity contribution in [3.63, 3.8) is 0 Å². The second-order valence-electron chi connectivity index (χ2n) is 9.78. The molecule has 0 spiro atoms. The average molecular weight is 500 g/mol. The van der Waals surface area contributed by atoms with Crippen LogP contribution < -0.4 is 10.1 Å². The predicted molar refractivity (Wildman–Crippen MR) is 137 cm³/mol. The van der Waals surface area contributed by atoms with E-state index in [1.54, 1.807) is 16.4 Å². The van der Waals surface area contributed by atoms with Gasteiger partial charge in [-0.25, -0.2) is 8.42 Å². The van der Waals surface area contributed by atoms with Crippen LogP contribution in [0.3, 0.4) is 0 Å². The van der Waals surface area contributed by atoms with Crippen LogP contribution in [0.15, 0.2) is 47.4 Å². The highest BCUT2D eigenvalue weighted by Gasteiger charge is 2.34. The first-order valence-corrected chi connectivity index (χ1v) is 14.0. The standard InChI is InChI=1S/C27H37N3O4S/c1-20-8-4-5-10-23(20)19-29-16-13-24(14-17-29)28-27(31)22-11-12-25(34-3)26(18-22)35(32,33)30-15-7-6-9-21(30)2/h4-5,8,10-12,18,21,24H,6-7,9,13-17,19H2,1-3H3,(H,28,31). The maximum Gasteiger partial charge on any atom is 0.251 e. The van der Waals surface area contributed by atoms with E-state index in [-0.39, 0.29) is 28.6 Å². The molecule has 35 heavy (non-hydrogen) atoms. The molecule has 0 aromatic heterocycles. The van der Waals surface area contributed by atoms with Crippen molar-refractivity contribution < 1.29 is 17.9 Å². The molecule has 1 unspecified atom stereocenters. The molecule has 2 aliphatic rings. The summed E-state index contributed by atoms with van der Waals surface area (Å²) in [6.45, 7) is 7.30. The lowest BCUT2D eigenvalue weighted by atomic mass is 10.0. The van der Waals surface area contributed by atoms with Gasteiger partial charge in [0.2, 0.25) is 10.0 Å². The summed E-state index contributed by atoms with van der Waals surface area (Å²) >= 11 is 0. The topological polar surface area (TPSA) is 79.0 Å². The average Bonchev–Trinajstić information content (AvgIpc) is 2.86. The normalized spacial score (nSPS) is 20.5. The van der Waals surface area contributed by atoms with Gasteiger partial charge in [0, 0.05) is 43.8 Å². The highest BCUT2D eigenvalue weighted by atomic mass is 32.2. The number of carbonyl (C=O) groups is 1. The van der Waals surface area contributed by atoms with E-state index in [0.717, 1.165) is 51.7 Å². The fraction of sp³-hybridized carbons (Fsp3) is 0.519. The highest BCUT2D eigenvalue weighted by Crippen LogP contribution is 2.32. The first kappa shape index (κ1) is 25.7. The van der Waals surface area contributed by atoms with Gasteiger partial charge in [-0.1, -0.05) is 30.7 Å². The molecule has 2 heterocycles. The lowest BCUT2D eigenvalue weighted by Crippen LogP contribution is -2.44. The molecule has 8 heteroatoms. The van der Waals surface area contributed by atoms with E-state index >= 15 is 0 Å². The number of piperidine rings is 2. The van der Waals surface area contributed by atoms with E-state index in [9.17, 15) is 13.2 Å². The Bertz CT molecular complexity index is 1140. The molecule has 2 aliphatic heterocycles. The summed E-state index contributed by atoms with van der Waals surface area (Å²) in [5.41, 5.74) is 2.98. The smallest absolute Gasteiger partial charge is 0.251 e. The second-order valence-corrected chi connectivity index (χ2v) is 11.6. The molecule has 7 nitrogen and oxygen atoms in total. The number of ether oxygens (including phenoxy) is 1. The number of hydrogen-bond donors (Lipinski definition) is 1. The third-order valence-corrected chi connectivity index (χ3v) is 9.37. The number of nitrogens with zero attached hydrogens (tertiary/aromatic N) is 2. The molecule has 1 N–H and O–H groups in total. The van der Waals surface area contributed by atoms with Crippen LogP contribution in [0.2, 0.25) is 0 Å². The van der Waals surface area contributed by atoms with Gasteiger partial charge in [-0.05, 0) is 68.9 Å². The molecule has 2 aromatic carbocycles. The van der Waals surface area contributed by atoms with E-state index in [1.165, 1.54) is 24.3 Å². The summed E-state index contributed by atoms with van der Waals surface area (Å²) in [6.07, 6.45) is 4.43. The van der Waals surface area contributed by atoms with Gasteiger partial charge in [-0.15, -0.1) is 0 Å². The van der Waals surface area contributed by atoms with Gasteiger partial charge in [-0.3, -0.25) is 9.69 Å². The van der Waals surface area contributed by atoms with Crippen molar-refractivity contribution in [1.82, 2.24) is 14.5 Å². The monoisotopic (exact) mass is 499 g/mol. The Kier molecular flexibility index (Phi) is 8.14. The maximum atomic E-state index is 13.5. The van der Waals surface area contributed by atoms with Crippen LogP contribution in [0, 0.1) is 6.92 Å². The lowest BCUT2D eigenvalue weighted by Gasteiger charge is -2.33. The maximum absolute atomic E-state index is 13.5. The van der Waals surface area contributed by atoms with E-state index < -0.39 is 10.0 Å². The number of rotatable bonds is 7. The molecule has 0 bridgehead atoms. The molecule has 0 saturated carbocycles. The SMILES string of the molecule is COc1ccc(C(=O)NC2CCN(Cc3ccccc3C)CC2)cc1S(=O)(=O)N1CCCCC1C. The first-order valence-electron chi connectivity index (χ1n) is 12.6. The van der Waals surface area contributed by atoms with Crippen molar-refractivity contribution >= 4 is 15.9 Å². The Morgan fingerprint density at radius 2 is 1.80 bits per heavy atom. The zero-order valence-corrected chi connectivity index (χ0v) is 21.8. The van der Waals surface area contributed by atoms with E-state index in [0.29, 0.717) is 12.1 Å². The lowest BCUT2D eigenvalue weighted by molar-refractivity contribution is 0.0908. The molecular weight excluding hydrogens is 462 g/mol. The predicted octanol–water partition coefficient (Wildman–Crippen LogP) is 3.96. The largest absolute Gasteiger partial charge is 0.495 e. The van der Waals surface area contributed by atoms with E-state index in [2.05, 4.69) is 41.4 Å². The van der Waals surface area contributed by atoms with Gasteiger partial charge >= 0.3 is 0 Å². The minimum Gasteiger partial charge on any atom is -0.495 e. The molecule has 190 valence electrons. The summed E-state index contributed by atoms with van der Waals surface area (Å²) in [4.78, 5) is 15.6. The number of aryl methyl sites for hydroxylation is 1. The summed E-state index contributed by atoms with van der Waals surface area (Å²) in [5, 5.41) is 3.12. The Balaban J connectivity index is 1.41. The van der Waals surface area contributed by atoms with Crippen molar-refractivity contribution in [2.45, 2.75) is 69.5 Å². The molecule has 1 atom stereocenters. The van der Waals surface area contributed by atoms with Gasteiger partial charge in [0.1, 0.15) is 10.6 Å². The van der Waals surface area contributed by atoms with Crippen LogP contribution in [0.1, 0.15) is 60.5 Å². The molecule has 0 radical (unpaired) electrons. The minimum absolute atomic E-state index is 0.0643. The van der Waals surface area contributed by atoms with Crippen LogP contribution in [0.4, 0.5) is 0 Å². The fourth-order valence-electron chi connectivity index (χ4n) is 5.11. The zero-order chi connectivity index (χ0) is 25.0. The summed E-state index contributed by atoms with van der Waals surface area (Å²) in [7, 11) is -2.31. The van der Waals surface area contributed by atoms with Gasteiger partial charge in [0.25, 0.3) is 5.91 Å². The number of methoxy groups -OCH3 is 1. The number of benzene rings is 2. The third kappa shape index (κ3) is 5.88. The Labute approximate surface area is 209 Å². The summed E-state index contributed by atoms with van der Waals surface area (Å²) in [5.74, 6) is 0.0250. The molecule has 1 amide bonds. The van der Waals surface area contributed by atoms with Gasteiger partial charge < -0.3 is 10.1 Å². The number of hydrogen-bond acceptors (Lipinski definition) is 5. The Morgan fingerprint density at radius 3 is 2.49 bits per heavy atom. The van der Waals surface area contributed by atoms with Crippen molar-refractivity contribution in [3.8, 4) is 5.75 Å². The molecule has 2 saturated heterocycles. The Hall–Kier alpha value is -2.42. The third-order valence-electron chi connectivity index (χ3n) is 7.33. The number of amides is 1. The van der Waals surface area contributed by atoms with Crippen LogP contribution in [-0.2, 0) is 16.6 Å². The number of nitrogens with one attached hydrogen (secondary N) is 1. The van der Waals surface area contributed by atoms with Gasteiger partial charge in [-0.2, -0.15) is 4.31 Å². The van der Waals surface area contributed by atoms with Gasteiger partial charge in [0.15, 0.2) is 0 Å². The second kappa shape index (κ2) is 11.1. The molecular formula is C27H37N3O4S. The quantitative estimate of drug-likeness (QED) is 0.624. The number of likely N-dealkylation sites (tertiary alicyclic amines) is 1. The summed E-state index contributed by atoms with van der Waals surface area (Å²) < 4.78 is 33.8.